The first kappa shape index (κ1) is 28.4. The van der Waals surface area contributed by atoms with Gasteiger partial charge in [0.2, 0.25) is 0 Å². The van der Waals surface area contributed by atoms with E-state index in [1.807, 2.05) is 30.0 Å². The normalized spacial score (nSPS) is 18.4. The minimum absolute atomic E-state index is 0.295. The van der Waals surface area contributed by atoms with Gasteiger partial charge in [-0.2, -0.15) is 0 Å². The van der Waals surface area contributed by atoms with E-state index in [2.05, 4.69) is 61.0 Å². The molecule has 3 atom stereocenters. The summed E-state index contributed by atoms with van der Waals surface area (Å²) in [5, 5.41) is 5.91. The van der Waals surface area contributed by atoms with Gasteiger partial charge in [0, 0.05) is 38.0 Å². The Morgan fingerprint density at radius 1 is 1.38 bits per heavy atom. The highest BCUT2D eigenvalue weighted by atomic mass is 32.2. The van der Waals surface area contributed by atoms with Crippen molar-refractivity contribution in [1.29, 1.82) is 0 Å². The molecule has 0 aliphatic carbocycles. The monoisotopic (exact) mass is 462 g/mol. The molecule has 0 aromatic rings. The van der Waals surface area contributed by atoms with Crippen LogP contribution in [0.1, 0.15) is 53.9 Å². The van der Waals surface area contributed by atoms with Crippen molar-refractivity contribution >= 4 is 23.3 Å². The van der Waals surface area contributed by atoms with Crippen LogP contribution in [0.5, 0.6) is 0 Å². The first-order valence-corrected chi connectivity index (χ1v) is 12.8. The van der Waals surface area contributed by atoms with E-state index in [-0.39, 0.29) is 0 Å². The first-order chi connectivity index (χ1) is 15.4. The van der Waals surface area contributed by atoms with E-state index in [0.717, 1.165) is 49.6 Å². The molecular weight excluding hydrogens is 419 g/mol. The second-order valence-corrected chi connectivity index (χ2v) is 9.09. The maximum absolute atomic E-state index is 13.3. The lowest BCUT2D eigenvalue weighted by molar-refractivity contribution is 0.365. The number of hydrogen-bond donors (Lipinski definition) is 1. The van der Waals surface area contributed by atoms with Crippen LogP contribution in [0.15, 0.2) is 57.5 Å². The van der Waals surface area contributed by atoms with Crippen LogP contribution in [0.25, 0.3) is 0 Å². The van der Waals surface area contributed by atoms with E-state index in [4.69, 9.17) is 4.99 Å². The van der Waals surface area contributed by atoms with Crippen LogP contribution in [0, 0.1) is 5.92 Å². The zero-order valence-electron chi connectivity index (χ0n) is 20.9. The Kier molecular flexibility index (Phi) is 14.2. The Morgan fingerprint density at radius 2 is 2.12 bits per heavy atom. The lowest BCUT2D eigenvalue weighted by Gasteiger charge is -2.38. The standard InChI is InChI=1S/C26H43FN4S/c1-8-15-29-16-17-31-24(11-4)22(23(28-7)14-12-13-21(6)27)19-30-26(31)25(20(5)10-3)32-18-9-2/h8-9,12,14,18,20-21,25,29H,1,10-11,13,15-17,19H2,2-7H3/b14-12-,18-9-,28-23+. The molecule has 32 heavy (non-hydrogen) atoms. The highest BCUT2D eigenvalue weighted by molar-refractivity contribution is 8.03. The lowest BCUT2D eigenvalue weighted by Crippen LogP contribution is -2.46. The van der Waals surface area contributed by atoms with Crippen LogP contribution in [-0.2, 0) is 0 Å². The Morgan fingerprint density at radius 3 is 2.69 bits per heavy atom. The predicted molar refractivity (Wildman–Crippen MR) is 143 cm³/mol. The molecular formula is C26H43FN4S. The summed E-state index contributed by atoms with van der Waals surface area (Å²) in [4.78, 5) is 12.0. The average Bonchev–Trinajstić information content (AvgIpc) is 2.79. The van der Waals surface area contributed by atoms with E-state index in [9.17, 15) is 4.39 Å². The van der Waals surface area contributed by atoms with Crippen molar-refractivity contribution in [2.75, 3.05) is 33.2 Å². The molecule has 0 fully saturated rings. The molecule has 1 N–H and O–H groups in total. The van der Waals surface area contributed by atoms with Gasteiger partial charge in [0.25, 0.3) is 0 Å². The van der Waals surface area contributed by atoms with Crippen molar-refractivity contribution in [2.45, 2.75) is 65.3 Å². The highest BCUT2D eigenvalue weighted by Gasteiger charge is 2.32. The molecule has 6 heteroatoms. The van der Waals surface area contributed by atoms with Gasteiger partial charge in [0.1, 0.15) is 12.0 Å². The molecule has 1 rings (SSSR count). The zero-order valence-corrected chi connectivity index (χ0v) is 21.7. The number of aliphatic imine (C=N–C) groups is 2. The molecule has 1 aliphatic rings. The summed E-state index contributed by atoms with van der Waals surface area (Å²) in [6.45, 7) is 17.3. The van der Waals surface area contributed by atoms with E-state index in [1.54, 1.807) is 14.0 Å². The van der Waals surface area contributed by atoms with Gasteiger partial charge in [-0.05, 0) is 44.1 Å². The van der Waals surface area contributed by atoms with Crippen LogP contribution in [0.3, 0.4) is 0 Å². The van der Waals surface area contributed by atoms with Crippen molar-refractivity contribution in [3.05, 3.63) is 47.6 Å². The fraction of sp³-hybridized carbons (Fsp3) is 0.615. The molecule has 0 bridgehead atoms. The maximum atomic E-state index is 13.3. The van der Waals surface area contributed by atoms with Crippen molar-refractivity contribution in [3.8, 4) is 0 Å². The molecule has 180 valence electrons. The van der Waals surface area contributed by atoms with E-state index in [0.29, 0.717) is 24.1 Å². The number of nitrogens with zero attached hydrogens (tertiary/aromatic N) is 3. The Labute approximate surface area is 199 Å². The molecule has 0 radical (unpaired) electrons. The lowest BCUT2D eigenvalue weighted by atomic mass is 9.98. The van der Waals surface area contributed by atoms with Crippen molar-refractivity contribution in [2.24, 2.45) is 15.9 Å². The van der Waals surface area contributed by atoms with Gasteiger partial charge in [-0.1, -0.05) is 45.4 Å². The molecule has 0 saturated carbocycles. The summed E-state index contributed by atoms with van der Waals surface area (Å²) in [7, 11) is 1.80. The number of halogens is 1. The van der Waals surface area contributed by atoms with E-state index >= 15 is 0 Å². The Balaban J connectivity index is 3.36. The number of hydrogen-bond acceptors (Lipinski definition) is 5. The van der Waals surface area contributed by atoms with Crippen LogP contribution >= 0.6 is 11.8 Å². The van der Waals surface area contributed by atoms with Gasteiger partial charge >= 0.3 is 0 Å². The quantitative estimate of drug-likeness (QED) is 0.179. The Hall–Kier alpha value is -1.66. The fourth-order valence-corrected chi connectivity index (χ4v) is 4.77. The SMILES string of the molecule is C=CCNCCN1C(C(S/C=C\C)C(C)CC)=NCC(C(/C=C\CC(C)F)=N/C)=C1CC. The van der Waals surface area contributed by atoms with Gasteiger partial charge in [0.05, 0.1) is 17.5 Å². The van der Waals surface area contributed by atoms with E-state index in [1.165, 1.54) is 5.70 Å². The van der Waals surface area contributed by atoms with Gasteiger partial charge in [-0.15, -0.1) is 18.3 Å². The van der Waals surface area contributed by atoms with Crippen molar-refractivity contribution in [3.63, 3.8) is 0 Å². The molecule has 3 unspecified atom stereocenters. The molecule has 1 aliphatic heterocycles. The number of nitrogens with one attached hydrogen (secondary N) is 1. The van der Waals surface area contributed by atoms with Crippen molar-refractivity contribution < 1.29 is 4.39 Å². The average molecular weight is 463 g/mol. The van der Waals surface area contributed by atoms with Gasteiger partial charge in [-0.3, -0.25) is 9.98 Å². The second kappa shape index (κ2) is 16.0. The summed E-state index contributed by atoms with van der Waals surface area (Å²) in [5.41, 5.74) is 3.31. The third kappa shape index (κ3) is 8.70. The van der Waals surface area contributed by atoms with Gasteiger partial charge < -0.3 is 10.2 Å². The van der Waals surface area contributed by atoms with Crippen molar-refractivity contribution in [1.82, 2.24) is 10.2 Å². The smallest absolute Gasteiger partial charge is 0.117 e. The van der Waals surface area contributed by atoms with E-state index < -0.39 is 6.17 Å². The first-order valence-electron chi connectivity index (χ1n) is 11.8. The molecule has 4 nitrogen and oxygen atoms in total. The van der Waals surface area contributed by atoms with Crippen LogP contribution in [-0.4, -0.2) is 61.1 Å². The second-order valence-electron chi connectivity index (χ2n) is 8.04. The number of rotatable bonds is 15. The summed E-state index contributed by atoms with van der Waals surface area (Å²) in [6, 6.07) is 0. The zero-order chi connectivity index (χ0) is 23.9. The largest absolute Gasteiger partial charge is 0.331 e. The minimum Gasteiger partial charge on any atom is -0.331 e. The van der Waals surface area contributed by atoms with Gasteiger partial charge in [-0.25, -0.2) is 4.39 Å². The van der Waals surface area contributed by atoms with Crippen LogP contribution in [0.4, 0.5) is 4.39 Å². The molecule has 0 spiro atoms. The molecule has 0 aromatic carbocycles. The van der Waals surface area contributed by atoms with Crippen LogP contribution < -0.4 is 5.32 Å². The molecule has 0 aromatic heterocycles. The highest BCUT2D eigenvalue weighted by Crippen LogP contribution is 2.31. The molecule has 1 heterocycles. The fourth-order valence-electron chi connectivity index (χ4n) is 3.66. The molecule has 0 saturated heterocycles. The summed E-state index contributed by atoms with van der Waals surface area (Å²) in [6.07, 6.45) is 9.35. The summed E-state index contributed by atoms with van der Waals surface area (Å²) >= 11 is 1.86. The number of amidine groups is 1. The number of alkyl halides is 1. The summed E-state index contributed by atoms with van der Waals surface area (Å²) in [5.74, 6) is 1.66. The number of allylic oxidation sites excluding steroid dienone is 4. The van der Waals surface area contributed by atoms with Gasteiger partial charge in [0.15, 0.2) is 0 Å². The topological polar surface area (TPSA) is 40.0 Å². The summed E-state index contributed by atoms with van der Waals surface area (Å²) < 4.78 is 13.3. The number of thioether (sulfide) groups is 1. The Bertz CT molecular complexity index is 721. The predicted octanol–water partition coefficient (Wildman–Crippen LogP) is 6.20. The third-order valence-corrected chi connectivity index (χ3v) is 6.95. The minimum atomic E-state index is -0.854. The maximum Gasteiger partial charge on any atom is 0.117 e. The third-order valence-electron chi connectivity index (χ3n) is 5.55. The molecule has 0 amide bonds. The van der Waals surface area contributed by atoms with Crippen LogP contribution in [0.2, 0.25) is 0 Å².